The monoisotopic (exact) mass is 302 g/mol. The molecule has 0 saturated heterocycles. The van der Waals surface area contributed by atoms with E-state index in [1.54, 1.807) is 48.8 Å². The van der Waals surface area contributed by atoms with Crippen molar-refractivity contribution in [1.29, 1.82) is 0 Å². The molecule has 0 fully saturated rings. The van der Waals surface area contributed by atoms with Crippen molar-refractivity contribution in [3.63, 3.8) is 0 Å². The van der Waals surface area contributed by atoms with E-state index in [0.29, 0.717) is 28.3 Å². The van der Waals surface area contributed by atoms with Gasteiger partial charge in [0.05, 0.1) is 12.4 Å². The van der Waals surface area contributed by atoms with E-state index in [9.17, 15) is 4.79 Å². The number of ether oxygens (including phenoxy) is 1. The van der Waals surface area contributed by atoms with Gasteiger partial charge in [0.25, 0.3) is 5.91 Å². The molecule has 0 aliphatic carbocycles. The third-order valence-electron chi connectivity index (χ3n) is 2.89. The van der Waals surface area contributed by atoms with E-state index in [1.165, 1.54) is 12.5 Å². The summed E-state index contributed by atoms with van der Waals surface area (Å²) in [5, 5.41) is 2.69. The van der Waals surface area contributed by atoms with Crippen molar-refractivity contribution >= 4 is 25.0 Å². The van der Waals surface area contributed by atoms with E-state index in [1.807, 2.05) is 0 Å². The molecule has 0 unspecified atom stereocenters. The Labute approximate surface area is 134 Å². The molecule has 2 radical (unpaired) electrons. The number of benzene rings is 1. The van der Waals surface area contributed by atoms with Crippen LogP contribution in [0.25, 0.3) is 0 Å². The van der Waals surface area contributed by atoms with Gasteiger partial charge in [-0.15, -0.1) is 0 Å². The van der Waals surface area contributed by atoms with Crippen LogP contribution in [-0.2, 0) is 0 Å². The zero-order valence-corrected chi connectivity index (χ0v) is 12.0. The van der Waals surface area contributed by atoms with Crippen LogP contribution in [0.5, 0.6) is 11.5 Å². The predicted octanol–water partition coefficient (Wildman–Crippen LogP) is 1.71. The highest BCUT2D eigenvalue weighted by atomic mass is 16.5. The van der Waals surface area contributed by atoms with Crippen LogP contribution in [0, 0.1) is 0 Å². The molecule has 3 rings (SSSR count). The van der Waals surface area contributed by atoms with Crippen LogP contribution in [-0.4, -0.2) is 28.7 Å². The van der Waals surface area contributed by atoms with Crippen molar-refractivity contribution in [2.45, 2.75) is 0 Å². The highest BCUT2D eigenvalue weighted by Crippen LogP contribution is 2.21. The summed E-state index contributed by atoms with van der Waals surface area (Å²) in [7, 11) is 5.67. The summed E-state index contributed by atoms with van der Waals surface area (Å²) < 4.78 is 5.59. The largest absolute Gasteiger partial charge is 0.454 e. The molecule has 6 nitrogen and oxygen atoms in total. The number of rotatable bonds is 4. The quantitative estimate of drug-likeness (QED) is 0.742. The van der Waals surface area contributed by atoms with Crippen molar-refractivity contribution in [1.82, 2.24) is 15.0 Å². The molecule has 0 spiro atoms. The van der Waals surface area contributed by atoms with Crippen LogP contribution in [0.2, 0.25) is 0 Å². The third kappa shape index (κ3) is 3.91. The summed E-state index contributed by atoms with van der Waals surface area (Å²) in [6.45, 7) is 0. The van der Waals surface area contributed by atoms with Crippen LogP contribution in [0.3, 0.4) is 0 Å². The van der Waals surface area contributed by atoms with Crippen LogP contribution >= 0.6 is 0 Å². The van der Waals surface area contributed by atoms with Gasteiger partial charge in [0.2, 0.25) is 0 Å². The lowest BCUT2D eigenvalue weighted by atomic mass is 9.94. The lowest BCUT2D eigenvalue weighted by Gasteiger charge is -2.08. The lowest BCUT2D eigenvalue weighted by molar-refractivity contribution is 0.102. The van der Waals surface area contributed by atoms with Gasteiger partial charge in [-0.05, 0) is 12.1 Å². The number of hydrogen-bond donors (Lipinski definition) is 1. The predicted molar refractivity (Wildman–Crippen MR) is 86.1 cm³/mol. The highest BCUT2D eigenvalue weighted by molar-refractivity contribution is 6.32. The molecule has 1 amide bonds. The highest BCUT2D eigenvalue weighted by Gasteiger charge is 2.08. The molecular weight excluding hydrogens is 291 g/mol. The average Bonchev–Trinajstić information content (AvgIpc) is 2.56. The van der Waals surface area contributed by atoms with E-state index in [4.69, 9.17) is 12.6 Å². The van der Waals surface area contributed by atoms with E-state index in [2.05, 4.69) is 20.3 Å². The van der Waals surface area contributed by atoms with Gasteiger partial charge >= 0.3 is 0 Å². The molecule has 2 aromatic heterocycles. The molecule has 1 aromatic carbocycles. The fraction of sp³-hybridized carbons (Fsp3) is 0. The number of anilines is 1. The van der Waals surface area contributed by atoms with Crippen LogP contribution < -0.4 is 15.5 Å². The Morgan fingerprint density at radius 1 is 1.09 bits per heavy atom. The first-order valence-electron chi connectivity index (χ1n) is 6.76. The van der Waals surface area contributed by atoms with Crippen molar-refractivity contribution < 1.29 is 9.53 Å². The molecule has 0 aliphatic heterocycles. The zero-order valence-electron chi connectivity index (χ0n) is 12.0. The van der Waals surface area contributed by atoms with E-state index < -0.39 is 0 Å². The molecular formula is C16H11BN4O2. The van der Waals surface area contributed by atoms with Crippen molar-refractivity contribution in [2.75, 3.05) is 5.32 Å². The maximum Gasteiger partial charge on any atom is 0.256 e. The maximum absolute atomic E-state index is 12.2. The molecule has 3 aromatic rings. The molecule has 7 heteroatoms. The Hall–Kier alpha value is -3.22. The number of aromatic nitrogens is 3. The lowest BCUT2D eigenvalue weighted by Crippen LogP contribution is -2.15. The summed E-state index contributed by atoms with van der Waals surface area (Å²) in [5.41, 5.74) is 0.973. The first kappa shape index (κ1) is 14.7. The molecule has 110 valence electrons. The van der Waals surface area contributed by atoms with Gasteiger partial charge in [0.15, 0.2) is 5.75 Å². The minimum absolute atomic E-state index is 0.301. The molecule has 0 aliphatic rings. The summed E-state index contributed by atoms with van der Waals surface area (Å²) in [5.74, 6) is 1.07. The number of hydrogen-bond acceptors (Lipinski definition) is 5. The first-order valence-corrected chi connectivity index (χ1v) is 6.76. The third-order valence-corrected chi connectivity index (χ3v) is 2.89. The Balaban J connectivity index is 1.74. The average molecular weight is 302 g/mol. The molecule has 1 N–H and O–H groups in total. The second kappa shape index (κ2) is 6.70. The molecule has 0 bridgehead atoms. The van der Waals surface area contributed by atoms with Crippen LogP contribution in [0.4, 0.5) is 5.82 Å². The Morgan fingerprint density at radius 3 is 2.70 bits per heavy atom. The molecule has 23 heavy (non-hydrogen) atoms. The minimum atomic E-state index is -0.301. The molecule has 0 atom stereocenters. The number of nitrogens with zero attached hydrogens (tertiary/aromatic N) is 3. The zero-order chi connectivity index (χ0) is 16.1. The van der Waals surface area contributed by atoms with E-state index in [-0.39, 0.29) is 5.91 Å². The van der Waals surface area contributed by atoms with E-state index in [0.717, 1.165) is 0 Å². The van der Waals surface area contributed by atoms with Gasteiger partial charge in [-0.25, -0.2) is 15.0 Å². The van der Waals surface area contributed by atoms with Crippen LogP contribution in [0.15, 0.2) is 61.3 Å². The normalized spacial score (nSPS) is 10.1. The Morgan fingerprint density at radius 2 is 1.91 bits per heavy atom. The van der Waals surface area contributed by atoms with Gasteiger partial charge < -0.3 is 10.1 Å². The van der Waals surface area contributed by atoms with E-state index >= 15 is 0 Å². The molecule has 0 saturated carbocycles. The number of carbonyl (C=O) groups excluding carboxylic acids is 1. The second-order valence-corrected chi connectivity index (χ2v) is 4.63. The second-order valence-electron chi connectivity index (χ2n) is 4.63. The summed E-state index contributed by atoms with van der Waals surface area (Å²) in [6.07, 6.45) is 6.03. The number of pyridine rings is 1. The van der Waals surface area contributed by atoms with Crippen molar-refractivity contribution in [2.24, 2.45) is 0 Å². The molecule has 2 heterocycles. The number of carbonyl (C=O) groups is 1. The number of amides is 1. The van der Waals surface area contributed by atoms with Gasteiger partial charge in [-0.1, -0.05) is 23.7 Å². The maximum atomic E-state index is 12.2. The minimum Gasteiger partial charge on any atom is -0.454 e. The van der Waals surface area contributed by atoms with Gasteiger partial charge in [-0.2, -0.15) is 0 Å². The standard InChI is InChI=1S/C16H11BN4O2/c17-12-3-1-2-11(6-12)16(22)21-15-7-13(4-5-20-15)23-14-8-18-10-19-9-14/h1-10H,(H,20,21,22). The summed E-state index contributed by atoms with van der Waals surface area (Å²) >= 11 is 0. The van der Waals surface area contributed by atoms with Crippen molar-refractivity contribution in [3.05, 3.63) is 66.9 Å². The smallest absolute Gasteiger partial charge is 0.256 e. The van der Waals surface area contributed by atoms with Gasteiger partial charge in [0.1, 0.15) is 25.7 Å². The first-order chi connectivity index (χ1) is 11.2. The topological polar surface area (TPSA) is 77.0 Å². The Kier molecular flexibility index (Phi) is 4.28. The van der Waals surface area contributed by atoms with Gasteiger partial charge in [0, 0.05) is 17.8 Å². The SMILES string of the molecule is [B]c1cccc(C(=O)Nc2cc(Oc3cncnc3)ccn2)c1. The van der Waals surface area contributed by atoms with Crippen LogP contribution in [0.1, 0.15) is 10.4 Å². The number of nitrogens with one attached hydrogen (secondary N) is 1. The fourth-order valence-corrected chi connectivity index (χ4v) is 1.89. The van der Waals surface area contributed by atoms with Crippen molar-refractivity contribution in [3.8, 4) is 11.5 Å². The fourth-order valence-electron chi connectivity index (χ4n) is 1.89. The summed E-state index contributed by atoms with van der Waals surface area (Å²) in [4.78, 5) is 24.0. The Bertz CT molecular complexity index is 827. The summed E-state index contributed by atoms with van der Waals surface area (Å²) in [6, 6.07) is 9.97. The van der Waals surface area contributed by atoms with Gasteiger partial charge in [-0.3, -0.25) is 4.79 Å².